The van der Waals surface area contributed by atoms with E-state index in [0.717, 1.165) is 0 Å². The van der Waals surface area contributed by atoms with E-state index in [1.165, 1.54) is 23.9 Å². The molecule has 2 atom stereocenters. The number of hydrogen-bond donors (Lipinski definition) is 3. The molecule has 1 aromatic carbocycles. The van der Waals surface area contributed by atoms with Gasteiger partial charge in [-0.1, -0.05) is 11.6 Å². The van der Waals surface area contributed by atoms with Gasteiger partial charge in [0.1, 0.15) is 12.2 Å². The maximum atomic E-state index is 14.9. The van der Waals surface area contributed by atoms with Gasteiger partial charge in [-0.15, -0.1) is 5.10 Å². The summed E-state index contributed by atoms with van der Waals surface area (Å²) in [6, 6.07) is 6.52. The standard InChI is InChI=1S/C22H22ClFN10O2/c1-3-27-19-20-28-10-13(9-26)34(20)32-21(31-19)29-16-6-12(8-25)7-17(18(16)23)33-5-4-15(14(24)11-33)30-22(35)36-2/h6-7,10,14-15H,3-5,11H2,1-2H3,(H,30,35)(H2,27,29,31,32). The Labute approximate surface area is 210 Å². The van der Waals surface area contributed by atoms with Crippen LogP contribution in [-0.4, -0.2) is 64.6 Å². The average molecular weight is 513 g/mol. The van der Waals surface area contributed by atoms with Gasteiger partial charge in [0.15, 0.2) is 17.2 Å². The van der Waals surface area contributed by atoms with E-state index >= 15 is 0 Å². The molecule has 1 aliphatic rings. The van der Waals surface area contributed by atoms with Crippen molar-refractivity contribution in [2.24, 2.45) is 0 Å². The van der Waals surface area contributed by atoms with Crippen molar-refractivity contribution in [3.05, 3.63) is 34.6 Å². The van der Waals surface area contributed by atoms with Gasteiger partial charge in [0, 0.05) is 13.1 Å². The molecule has 36 heavy (non-hydrogen) atoms. The number of fused-ring (bicyclic) bond motifs is 1. The Bertz CT molecular complexity index is 1380. The van der Waals surface area contributed by atoms with Gasteiger partial charge < -0.3 is 25.6 Å². The molecule has 2 aromatic heterocycles. The normalized spacial score (nSPS) is 17.2. The van der Waals surface area contributed by atoms with Crippen LogP contribution < -0.4 is 20.9 Å². The number of rotatable bonds is 6. The second-order valence-corrected chi connectivity index (χ2v) is 8.27. The second-order valence-electron chi connectivity index (χ2n) is 7.89. The molecule has 0 spiro atoms. The molecule has 0 saturated carbocycles. The smallest absolute Gasteiger partial charge is 0.407 e. The minimum absolute atomic E-state index is 0.0453. The lowest BCUT2D eigenvalue weighted by atomic mass is 10.0. The summed E-state index contributed by atoms with van der Waals surface area (Å²) in [7, 11) is 1.22. The molecule has 4 rings (SSSR count). The third kappa shape index (κ3) is 4.87. The zero-order valence-corrected chi connectivity index (χ0v) is 20.2. The van der Waals surface area contributed by atoms with E-state index in [2.05, 4.69) is 41.8 Å². The minimum Gasteiger partial charge on any atom is -0.453 e. The number of benzene rings is 1. The van der Waals surface area contributed by atoms with Crippen molar-refractivity contribution >= 4 is 46.5 Å². The van der Waals surface area contributed by atoms with Gasteiger partial charge in [-0.3, -0.25) is 0 Å². The highest BCUT2D eigenvalue weighted by molar-refractivity contribution is 6.36. The Hall–Kier alpha value is -4.36. The van der Waals surface area contributed by atoms with Crippen LogP contribution in [0.1, 0.15) is 24.6 Å². The molecule has 3 aromatic rings. The first-order chi connectivity index (χ1) is 17.4. The fourth-order valence-electron chi connectivity index (χ4n) is 3.91. The van der Waals surface area contributed by atoms with Crippen LogP contribution in [0.15, 0.2) is 18.3 Å². The van der Waals surface area contributed by atoms with Gasteiger partial charge in [0.25, 0.3) is 0 Å². The third-order valence-electron chi connectivity index (χ3n) is 5.62. The molecule has 1 aliphatic heterocycles. The highest BCUT2D eigenvalue weighted by Crippen LogP contribution is 2.37. The Balaban J connectivity index is 1.66. The number of anilines is 4. The van der Waals surface area contributed by atoms with Crippen molar-refractivity contribution in [3.63, 3.8) is 0 Å². The summed E-state index contributed by atoms with van der Waals surface area (Å²) in [4.78, 5) is 21.8. The number of carbonyl (C=O) groups is 1. The molecule has 0 aliphatic carbocycles. The molecule has 0 radical (unpaired) electrons. The number of methoxy groups -OCH3 is 1. The number of halogens is 2. The van der Waals surface area contributed by atoms with Gasteiger partial charge in [0.2, 0.25) is 5.95 Å². The van der Waals surface area contributed by atoms with Crippen LogP contribution in [-0.2, 0) is 4.74 Å². The predicted molar refractivity (Wildman–Crippen MR) is 130 cm³/mol. The van der Waals surface area contributed by atoms with E-state index < -0.39 is 18.3 Å². The molecular weight excluding hydrogens is 491 g/mol. The fourth-order valence-corrected chi connectivity index (χ4v) is 4.18. The quantitative estimate of drug-likeness (QED) is 0.448. The molecular formula is C22H22ClFN10O2. The highest BCUT2D eigenvalue weighted by Gasteiger charge is 2.32. The molecule has 1 saturated heterocycles. The lowest BCUT2D eigenvalue weighted by Crippen LogP contribution is -2.52. The number of hydrogen-bond acceptors (Lipinski definition) is 10. The number of nitrogens with one attached hydrogen (secondary N) is 3. The molecule has 2 unspecified atom stereocenters. The van der Waals surface area contributed by atoms with Gasteiger partial charge in [-0.05, 0) is 25.5 Å². The molecule has 3 heterocycles. The molecule has 1 amide bonds. The number of aromatic nitrogens is 4. The zero-order chi connectivity index (χ0) is 25.8. The van der Waals surface area contributed by atoms with Crippen LogP contribution in [0.2, 0.25) is 5.02 Å². The fraction of sp³-hybridized carbons (Fsp3) is 0.364. The molecule has 186 valence electrons. The van der Waals surface area contributed by atoms with Crippen molar-refractivity contribution in [1.82, 2.24) is 24.9 Å². The van der Waals surface area contributed by atoms with Gasteiger partial charge in [-0.25, -0.2) is 14.2 Å². The Morgan fingerprint density at radius 1 is 1.36 bits per heavy atom. The topological polar surface area (TPSA) is 156 Å². The maximum absolute atomic E-state index is 14.9. The predicted octanol–water partition coefficient (Wildman–Crippen LogP) is 2.97. The van der Waals surface area contributed by atoms with Crippen LogP contribution in [0.4, 0.5) is 32.3 Å². The molecule has 3 N–H and O–H groups in total. The molecule has 14 heteroatoms. The van der Waals surface area contributed by atoms with E-state index in [1.54, 1.807) is 11.0 Å². The van der Waals surface area contributed by atoms with Crippen molar-refractivity contribution in [1.29, 1.82) is 10.5 Å². The van der Waals surface area contributed by atoms with E-state index in [0.29, 0.717) is 42.4 Å². The Kier molecular flexibility index (Phi) is 7.22. The summed E-state index contributed by atoms with van der Waals surface area (Å²) < 4.78 is 20.8. The van der Waals surface area contributed by atoms with Gasteiger partial charge in [-0.2, -0.15) is 20.0 Å². The SMILES string of the molecule is CCNc1nc(Nc2cc(C#N)cc(N3CCC(NC(=O)OC)C(F)C3)c2Cl)nn2c(C#N)cnc12. The number of nitriles is 2. The summed E-state index contributed by atoms with van der Waals surface area (Å²) in [5.41, 5.74) is 1.66. The Morgan fingerprint density at radius 2 is 2.17 bits per heavy atom. The first kappa shape index (κ1) is 24.8. The van der Waals surface area contributed by atoms with Crippen LogP contribution in [0.3, 0.4) is 0 Å². The summed E-state index contributed by atoms with van der Waals surface area (Å²) in [5, 5.41) is 32.2. The number of carbonyl (C=O) groups excluding carboxylic acids is 1. The van der Waals surface area contributed by atoms with Crippen molar-refractivity contribution in [2.45, 2.75) is 25.6 Å². The van der Waals surface area contributed by atoms with E-state index in [9.17, 15) is 19.7 Å². The van der Waals surface area contributed by atoms with Crippen LogP contribution >= 0.6 is 11.6 Å². The van der Waals surface area contributed by atoms with E-state index in [-0.39, 0.29) is 28.8 Å². The third-order valence-corrected chi connectivity index (χ3v) is 6.02. The van der Waals surface area contributed by atoms with Gasteiger partial charge >= 0.3 is 6.09 Å². The van der Waals surface area contributed by atoms with Crippen LogP contribution in [0.25, 0.3) is 5.65 Å². The summed E-state index contributed by atoms with van der Waals surface area (Å²) in [5.74, 6) is 0.518. The molecule has 1 fully saturated rings. The number of alkyl halides is 1. The monoisotopic (exact) mass is 512 g/mol. The van der Waals surface area contributed by atoms with E-state index in [4.69, 9.17) is 11.6 Å². The van der Waals surface area contributed by atoms with Crippen LogP contribution in [0.5, 0.6) is 0 Å². The lowest BCUT2D eigenvalue weighted by Gasteiger charge is -2.36. The number of piperidine rings is 1. The van der Waals surface area contributed by atoms with Crippen molar-refractivity contribution in [3.8, 4) is 12.1 Å². The molecule has 0 bridgehead atoms. The molecule has 12 nitrogen and oxygen atoms in total. The Morgan fingerprint density at radius 3 is 2.83 bits per heavy atom. The first-order valence-corrected chi connectivity index (χ1v) is 11.4. The minimum atomic E-state index is -1.38. The average Bonchev–Trinajstić information content (AvgIpc) is 3.30. The number of nitrogens with zero attached hydrogens (tertiary/aromatic N) is 7. The highest BCUT2D eigenvalue weighted by atomic mass is 35.5. The number of imidazole rings is 1. The first-order valence-electron chi connectivity index (χ1n) is 11.0. The van der Waals surface area contributed by atoms with Gasteiger partial charge in [0.05, 0.1) is 53.9 Å². The summed E-state index contributed by atoms with van der Waals surface area (Å²) in [6.07, 6.45) is -0.369. The summed E-state index contributed by atoms with van der Waals surface area (Å²) >= 11 is 6.70. The van der Waals surface area contributed by atoms with Crippen molar-refractivity contribution < 1.29 is 13.9 Å². The second kappa shape index (κ2) is 10.5. The number of alkyl carbamates (subject to hydrolysis) is 1. The maximum Gasteiger partial charge on any atom is 0.407 e. The largest absolute Gasteiger partial charge is 0.453 e. The summed E-state index contributed by atoms with van der Waals surface area (Å²) in [6.45, 7) is 2.79. The number of amides is 1. The van der Waals surface area contributed by atoms with Crippen molar-refractivity contribution in [2.75, 3.05) is 42.3 Å². The lowest BCUT2D eigenvalue weighted by molar-refractivity contribution is 0.150. The van der Waals surface area contributed by atoms with E-state index in [1.807, 2.05) is 13.0 Å². The zero-order valence-electron chi connectivity index (χ0n) is 19.4. The number of ether oxygens (including phenoxy) is 1. The van der Waals surface area contributed by atoms with Crippen LogP contribution in [0, 0.1) is 22.7 Å².